The molecular formula is C27H31ClN4O3. The predicted molar refractivity (Wildman–Crippen MR) is 143 cm³/mol. The van der Waals surface area contributed by atoms with E-state index in [1.165, 1.54) is 4.90 Å². The van der Waals surface area contributed by atoms with Crippen LogP contribution in [0, 0.1) is 10.1 Å². The standard InChI is InChI=1S/C27H31ClN4O3/c1-4-18-12-14-20(15-13-18)32(25(17-31(34)35)19-10-8-7-9-11-19)27(33)30-26-21(5-2)23(28)16-24(29)22(26)6-3/h7-16,25H,4-6,17,29H2,1-3H3,(H,30,33). The second kappa shape index (κ2) is 11.7. The van der Waals surface area contributed by atoms with Gasteiger partial charge in [0.15, 0.2) is 0 Å². The molecule has 3 N–H and O–H groups in total. The van der Waals surface area contributed by atoms with Crippen LogP contribution in [0.5, 0.6) is 0 Å². The Morgan fingerprint density at radius 3 is 2.20 bits per heavy atom. The minimum atomic E-state index is -0.828. The molecule has 1 unspecified atom stereocenters. The number of halogens is 1. The zero-order valence-electron chi connectivity index (χ0n) is 20.3. The lowest BCUT2D eigenvalue weighted by molar-refractivity contribution is -0.483. The average molecular weight is 495 g/mol. The molecule has 2 amide bonds. The van der Waals surface area contributed by atoms with Crippen molar-refractivity contribution in [3.63, 3.8) is 0 Å². The summed E-state index contributed by atoms with van der Waals surface area (Å²) in [6.45, 7) is 5.50. The highest BCUT2D eigenvalue weighted by molar-refractivity contribution is 6.32. The van der Waals surface area contributed by atoms with Gasteiger partial charge < -0.3 is 11.1 Å². The van der Waals surface area contributed by atoms with Crippen LogP contribution in [0.25, 0.3) is 0 Å². The first-order valence-electron chi connectivity index (χ1n) is 11.8. The molecule has 8 heteroatoms. The Morgan fingerprint density at radius 1 is 1.03 bits per heavy atom. The molecule has 3 rings (SSSR count). The summed E-state index contributed by atoms with van der Waals surface area (Å²) >= 11 is 6.47. The number of hydrogen-bond donors (Lipinski definition) is 2. The van der Waals surface area contributed by atoms with Crippen LogP contribution in [0.4, 0.5) is 21.9 Å². The molecule has 1 atom stereocenters. The van der Waals surface area contributed by atoms with Crippen molar-refractivity contribution in [2.75, 3.05) is 22.5 Å². The van der Waals surface area contributed by atoms with Crippen molar-refractivity contribution in [3.8, 4) is 0 Å². The van der Waals surface area contributed by atoms with Gasteiger partial charge in [0.05, 0.1) is 5.69 Å². The molecule has 0 saturated carbocycles. The third-order valence-electron chi connectivity index (χ3n) is 6.12. The number of rotatable bonds is 9. The van der Waals surface area contributed by atoms with E-state index in [0.29, 0.717) is 40.5 Å². The van der Waals surface area contributed by atoms with Crippen LogP contribution in [0.3, 0.4) is 0 Å². The van der Waals surface area contributed by atoms with Crippen LogP contribution >= 0.6 is 11.6 Å². The third-order valence-corrected chi connectivity index (χ3v) is 6.46. The maximum absolute atomic E-state index is 13.9. The number of carbonyl (C=O) groups excluding carboxylic acids is 1. The van der Waals surface area contributed by atoms with Crippen molar-refractivity contribution in [2.45, 2.75) is 46.1 Å². The Bertz CT molecular complexity index is 1160. The van der Waals surface area contributed by atoms with Crippen LogP contribution < -0.4 is 16.0 Å². The molecule has 0 spiro atoms. The van der Waals surface area contributed by atoms with E-state index in [1.807, 2.05) is 51.1 Å². The Kier molecular flexibility index (Phi) is 8.71. The summed E-state index contributed by atoms with van der Waals surface area (Å²) in [4.78, 5) is 26.7. The second-order valence-electron chi connectivity index (χ2n) is 8.25. The molecule has 35 heavy (non-hydrogen) atoms. The number of carbonyl (C=O) groups is 1. The lowest BCUT2D eigenvalue weighted by atomic mass is 10.0. The number of nitrogens with one attached hydrogen (secondary N) is 1. The normalized spacial score (nSPS) is 11.7. The Labute approximate surface area is 211 Å². The van der Waals surface area contributed by atoms with E-state index in [-0.39, 0.29) is 0 Å². The van der Waals surface area contributed by atoms with E-state index in [1.54, 1.807) is 30.3 Å². The van der Waals surface area contributed by atoms with Crippen LogP contribution in [0.1, 0.15) is 49.1 Å². The van der Waals surface area contributed by atoms with Crippen molar-refractivity contribution in [1.29, 1.82) is 0 Å². The summed E-state index contributed by atoms with van der Waals surface area (Å²) in [6, 6.07) is 16.9. The first-order chi connectivity index (χ1) is 16.8. The number of nitrogens with zero attached hydrogens (tertiary/aromatic N) is 2. The number of nitrogens with two attached hydrogens (primary N) is 1. The molecule has 0 aliphatic carbocycles. The molecule has 0 heterocycles. The van der Waals surface area contributed by atoms with Gasteiger partial charge in [-0.15, -0.1) is 0 Å². The van der Waals surface area contributed by atoms with E-state index in [4.69, 9.17) is 17.3 Å². The molecular weight excluding hydrogens is 464 g/mol. The number of hydrogen-bond acceptors (Lipinski definition) is 4. The van der Waals surface area contributed by atoms with Gasteiger partial charge in [-0.25, -0.2) is 4.79 Å². The Morgan fingerprint density at radius 2 is 1.66 bits per heavy atom. The molecule has 0 fully saturated rings. The van der Waals surface area contributed by atoms with Gasteiger partial charge in [0.25, 0.3) is 0 Å². The molecule has 0 aromatic heterocycles. The monoisotopic (exact) mass is 494 g/mol. The number of nitro groups is 1. The van der Waals surface area contributed by atoms with E-state index in [2.05, 4.69) is 5.32 Å². The maximum atomic E-state index is 13.9. The van der Waals surface area contributed by atoms with Crippen molar-refractivity contribution in [3.05, 3.63) is 98.1 Å². The lowest BCUT2D eigenvalue weighted by Gasteiger charge is -2.31. The second-order valence-corrected chi connectivity index (χ2v) is 8.66. The van der Waals surface area contributed by atoms with E-state index in [9.17, 15) is 14.9 Å². The van der Waals surface area contributed by atoms with Gasteiger partial charge in [-0.2, -0.15) is 0 Å². The molecule has 0 radical (unpaired) electrons. The summed E-state index contributed by atoms with van der Waals surface area (Å²) in [6.07, 6.45) is 2.02. The van der Waals surface area contributed by atoms with Crippen LogP contribution in [-0.4, -0.2) is 17.5 Å². The quantitative estimate of drug-likeness (QED) is 0.197. The smallest absolute Gasteiger partial charge is 0.327 e. The SMILES string of the molecule is CCc1ccc(N(C(=O)Nc2c(CC)c(N)cc(Cl)c2CC)C(C[N+](=O)[O-])c2ccccc2)cc1. The average Bonchev–Trinajstić information content (AvgIpc) is 2.84. The van der Waals surface area contributed by atoms with Gasteiger partial charge in [-0.05, 0) is 59.7 Å². The zero-order chi connectivity index (χ0) is 25.5. The molecule has 7 nitrogen and oxygen atoms in total. The van der Waals surface area contributed by atoms with Crippen LogP contribution in [0.15, 0.2) is 60.7 Å². The first-order valence-corrected chi connectivity index (χ1v) is 12.1. The molecule has 3 aromatic rings. The number of aryl methyl sites for hydroxylation is 1. The number of amides is 2. The van der Waals surface area contributed by atoms with Crippen molar-refractivity contribution >= 4 is 34.7 Å². The van der Waals surface area contributed by atoms with Gasteiger partial charge in [0, 0.05) is 21.3 Å². The summed E-state index contributed by atoms with van der Waals surface area (Å²) in [5.74, 6) is 0. The zero-order valence-corrected chi connectivity index (χ0v) is 21.0. The van der Waals surface area contributed by atoms with Gasteiger partial charge in [-0.3, -0.25) is 15.0 Å². The number of nitrogen functional groups attached to an aromatic ring is 1. The number of benzene rings is 3. The van der Waals surface area contributed by atoms with E-state index in [0.717, 1.165) is 23.1 Å². The molecule has 0 aliphatic heterocycles. The molecule has 184 valence electrons. The number of urea groups is 1. The molecule has 0 bridgehead atoms. The van der Waals surface area contributed by atoms with Crippen molar-refractivity contribution < 1.29 is 9.72 Å². The summed E-state index contributed by atoms with van der Waals surface area (Å²) in [5.41, 5.74) is 11.2. The van der Waals surface area contributed by atoms with Crippen molar-refractivity contribution in [2.24, 2.45) is 0 Å². The fourth-order valence-electron chi connectivity index (χ4n) is 4.28. The highest BCUT2D eigenvalue weighted by Crippen LogP contribution is 2.36. The molecule has 0 aliphatic rings. The van der Waals surface area contributed by atoms with Crippen molar-refractivity contribution in [1.82, 2.24) is 0 Å². The largest absolute Gasteiger partial charge is 0.398 e. The minimum absolute atomic E-state index is 0.398. The molecule has 0 saturated heterocycles. The van der Waals surface area contributed by atoms with Gasteiger partial charge >= 0.3 is 6.03 Å². The Balaban J connectivity index is 2.15. The summed E-state index contributed by atoms with van der Waals surface area (Å²) in [7, 11) is 0. The van der Waals surface area contributed by atoms with E-state index >= 15 is 0 Å². The van der Waals surface area contributed by atoms with E-state index < -0.39 is 23.5 Å². The highest BCUT2D eigenvalue weighted by Gasteiger charge is 2.32. The van der Waals surface area contributed by atoms with Crippen LogP contribution in [-0.2, 0) is 19.3 Å². The fraction of sp³-hybridized carbons (Fsp3) is 0.296. The maximum Gasteiger partial charge on any atom is 0.327 e. The van der Waals surface area contributed by atoms with Gasteiger partial charge in [0.1, 0.15) is 6.04 Å². The first kappa shape index (κ1) is 26.0. The summed E-state index contributed by atoms with van der Waals surface area (Å²) < 4.78 is 0. The summed E-state index contributed by atoms with van der Waals surface area (Å²) in [5, 5.41) is 15.2. The lowest BCUT2D eigenvalue weighted by Crippen LogP contribution is -2.41. The third kappa shape index (κ3) is 5.92. The predicted octanol–water partition coefficient (Wildman–Crippen LogP) is 6.67. The van der Waals surface area contributed by atoms with Crippen LogP contribution in [0.2, 0.25) is 5.02 Å². The molecule has 3 aromatic carbocycles. The highest BCUT2D eigenvalue weighted by atomic mass is 35.5. The topological polar surface area (TPSA) is 102 Å². The fourth-order valence-corrected chi connectivity index (χ4v) is 4.63. The number of anilines is 3. The van der Waals surface area contributed by atoms with Gasteiger partial charge in [0.2, 0.25) is 6.54 Å². The minimum Gasteiger partial charge on any atom is -0.398 e. The Hall–Kier alpha value is -3.58. The van der Waals surface area contributed by atoms with Gasteiger partial charge in [-0.1, -0.05) is 74.8 Å².